The number of fused-ring (bicyclic) bond motifs is 1. The number of anilines is 1. The van der Waals surface area contributed by atoms with Crippen molar-refractivity contribution in [3.63, 3.8) is 0 Å². The number of rotatable bonds is 5. The molecule has 0 saturated heterocycles. The minimum absolute atomic E-state index is 0.0789. The van der Waals surface area contributed by atoms with E-state index < -0.39 is 20.0 Å². The molecule has 0 aromatic heterocycles. The summed E-state index contributed by atoms with van der Waals surface area (Å²) in [5.41, 5.74) is 3.11. The summed E-state index contributed by atoms with van der Waals surface area (Å²) in [6.07, 6.45) is 0.499. The minimum Gasteiger partial charge on any atom is -0.269 e. The van der Waals surface area contributed by atoms with Crippen molar-refractivity contribution >= 4 is 25.7 Å². The molecule has 0 N–H and O–H groups in total. The monoisotopic (exact) mass is 394 g/mol. The number of nitrogens with zero attached hydrogens (tertiary/aromatic N) is 2. The summed E-state index contributed by atoms with van der Waals surface area (Å²) in [7, 11) is -4.12. The van der Waals surface area contributed by atoms with Gasteiger partial charge in [0.2, 0.25) is 20.0 Å². The summed E-state index contributed by atoms with van der Waals surface area (Å²) in [5, 5.41) is 0. The van der Waals surface area contributed by atoms with E-state index in [2.05, 4.69) is 0 Å². The SMILES string of the molecule is Cc1ccc(CS(=O)(=O)N2CCc3cc(S(=O)(=O)N(C)C)ccc32)cc1. The highest BCUT2D eigenvalue weighted by Gasteiger charge is 2.31. The third-order valence-electron chi connectivity index (χ3n) is 4.49. The van der Waals surface area contributed by atoms with Gasteiger partial charge in [0.15, 0.2) is 0 Å². The van der Waals surface area contributed by atoms with Crippen LogP contribution in [0.3, 0.4) is 0 Å². The number of hydrogen-bond donors (Lipinski definition) is 0. The maximum atomic E-state index is 12.8. The zero-order valence-corrected chi connectivity index (χ0v) is 16.6. The first-order chi connectivity index (χ1) is 12.1. The van der Waals surface area contributed by atoms with Gasteiger partial charge in [-0.15, -0.1) is 0 Å². The van der Waals surface area contributed by atoms with E-state index in [1.165, 1.54) is 24.5 Å². The van der Waals surface area contributed by atoms with Crippen LogP contribution in [0.2, 0.25) is 0 Å². The van der Waals surface area contributed by atoms with Crippen molar-refractivity contribution in [2.75, 3.05) is 24.9 Å². The lowest BCUT2D eigenvalue weighted by Gasteiger charge is -2.20. The van der Waals surface area contributed by atoms with Crippen LogP contribution >= 0.6 is 0 Å². The second-order valence-electron chi connectivity index (χ2n) is 6.64. The third-order valence-corrected chi connectivity index (χ3v) is 8.05. The van der Waals surface area contributed by atoms with E-state index in [1.807, 2.05) is 31.2 Å². The van der Waals surface area contributed by atoms with Crippen LogP contribution in [0.4, 0.5) is 5.69 Å². The quantitative estimate of drug-likeness (QED) is 0.779. The molecular weight excluding hydrogens is 372 g/mol. The molecular formula is C18H22N2O4S2. The first-order valence-corrected chi connectivity index (χ1v) is 11.3. The fourth-order valence-corrected chi connectivity index (χ4v) is 5.55. The molecule has 2 aromatic rings. The van der Waals surface area contributed by atoms with Crippen LogP contribution in [0, 0.1) is 6.92 Å². The number of benzene rings is 2. The Morgan fingerprint density at radius 2 is 1.65 bits per heavy atom. The van der Waals surface area contributed by atoms with Gasteiger partial charge >= 0.3 is 0 Å². The van der Waals surface area contributed by atoms with Crippen LogP contribution in [0.15, 0.2) is 47.4 Å². The lowest BCUT2D eigenvalue weighted by molar-refractivity contribution is 0.520. The van der Waals surface area contributed by atoms with Gasteiger partial charge in [-0.2, -0.15) is 0 Å². The Bertz CT molecular complexity index is 1030. The van der Waals surface area contributed by atoms with Crippen molar-refractivity contribution in [3.8, 4) is 0 Å². The largest absolute Gasteiger partial charge is 0.269 e. The minimum atomic E-state index is -3.54. The Morgan fingerprint density at radius 3 is 2.27 bits per heavy atom. The van der Waals surface area contributed by atoms with Gasteiger partial charge in [-0.1, -0.05) is 29.8 Å². The average molecular weight is 395 g/mol. The third kappa shape index (κ3) is 3.49. The molecule has 0 saturated carbocycles. The molecule has 1 aliphatic rings. The topological polar surface area (TPSA) is 74.8 Å². The van der Waals surface area contributed by atoms with E-state index >= 15 is 0 Å². The molecule has 140 valence electrons. The predicted molar refractivity (Wildman–Crippen MR) is 102 cm³/mol. The van der Waals surface area contributed by atoms with Crippen molar-refractivity contribution in [2.24, 2.45) is 0 Å². The first kappa shape index (κ1) is 18.9. The van der Waals surface area contributed by atoms with Crippen LogP contribution in [0.25, 0.3) is 0 Å². The molecule has 0 bridgehead atoms. The van der Waals surface area contributed by atoms with E-state index in [-0.39, 0.29) is 10.6 Å². The zero-order chi connectivity index (χ0) is 19.1. The van der Waals surface area contributed by atoms with Crippen LogP contribution in [0.1, 0.15) is 16.7 Å². The molecule has 8 heteroatoms. The Labute approximate surface area is 155 Å². The molecule has 26 heavy (non-hydrogen) atoms. The Balaban J connectivity index is 1.90. The van der Waals surface area contributed by atoms with Gasteiger partial charge in [0.1, 0.15) is 0 Å². The maximum absolute atomic E-state index is 12.8. The van der Waals surface area contributed by atoms with Crippen molar-refractivity contribution in [3.05, 3.63) is 59.2 Å². The molecule has 6 nitrogen and oxygen atoms in total. The molecule has 1 aliphatic heterocycles. The van der Waals surface area contributed by atoms with Crippen molar-refractivity contribution < 1.29 is 16.8 Å². The molecule has 0 spiro atoms. The van der Waals surface area contributed by atoms with Gasteiger partial charge in [-0.3, -0.25) is 4.31 Å². The summed E-state index contributed by atoms with van der Waals surface area (Å²) >= 11 is 0. The first-order valence-electron chi connectivity index (χ1n) is 8.23. The molecule has 0 amide bonds. The molecule has 0 aliphatic carbocycles. The maximum Gasteiger partial charge on any atom is 0.242 e. The van der Waals surface area contributed by atoms with E-state index in [4.69, 9.17) is 0 Å². The molecule has 0 radical (unpaired) electrons. The molecule has 3 rings (SSSR count). The van der Waals surface area contributed by atoms with Gasteiger partial charge in [-0.05, 0) is 42.7 Å². The van der Waals surface area contributed by atoms with Crippen molar-refractivity contribution in [1.29, 1.82) is 0 Å². The van der Waals surface area contributed by atoms with Crippen LogP contribution in [-0.2, 0) is 32.2 Å². The number of sulfonamides is 2. The molecule has 0 atom stereocenters. The second-order valence-corrected chi connectivity index (χ2v) is 10.7. The Hall–Kier alpha value is -1.90. The highest BCUT2D eigenvalue weighted by atomic mass is 32.2. The lowest BCUT2D eigenvalue weighted by atomic mass is 10.2. The number of hydrogen-bond acceptors (Lipinski definition) is 4. The zero-order valence-electron chi connectivity index (χ0n) is 15.0. The molecule has 0 fully saturated rings. The van der Waals surface area contributed by atoms with Crippen molar-refractivity contribution in [1.82, 2.24) is 4.31 Å². The molecule has 2 aromatic carbocycles. The van der Waals surface area contributed by atoms with Gasteiger partial charge in [0, 0.05) is 20.6 Å². The van der Waals surface area contributed by atoms with Crippen LogP contribution in [-0.4, -0.2) is 41.8 Å². The summed E-state index contributed by atoms with van der Waals surface area (Å²) < 4.78 is 52.8. The summed E-state index contributed by atoms with van der Waals surface area (Å²) in [4.78, 5) is 0.180. The van der Waals surface area contributed by atoms with Gasteiger partial charge in [-0.25, -0.2) is 21.1 Å². The predicted octanol–water partition coefficient (Wildman–Crippen LogP) is 2.14. The summed E-state index contributed by atoms with van der Waals surface area (Å²) in [5.74, 6) is -0.0789. The van der Waals surface area contributed by atoms with Gasteiger partial charge < -0.3 is 0 Å². The van der Waals surface area contributed by atoms with Gasteiger partial charge in [0.05, 0.1) is 16.3 Å². The van der Waals surface area contributed by atoms with Crippen LogP contribution in [0.5, 0.6) is 0 Å². The average Bonchev–Trinajstić information content (AvgIpc) is 3.00. The smallest absolute Gasteiger partial charge is 0.242 e. The lowest BCUT2D eigenvalue weighted by Crippen LogP contribution is -2.30. The Kier molecular flexibility index (Phi) is 4.85. The molecule has 0 unspecified atom stereocenters. The van der Waals surface area contributed by atoms with E-state index in [1.54, 1.807) is 12.1 Å². The Morgan fingerprint density at radius 1 is 1.00 bits per heavy atom. The summed E-state index contributed by atoms with van der Waals surface area (Å²) in [6.45, 7) is 2.28. The van der Waals surface area contributed by atoms with Gasteiger partial charge in [0.25, 0.3) is 0 Å². The van der Waals surface area contributed by atoms with E-state index in [9.17, 15) is 16.8 Å². The summed E-state index contributed by atoms with van der Waals surface area (Å²) in [6, 6.07) is 12.0. The second kappa shape index (κ2) is 6.68. The molecule has 1 heterocycles. The van der Waals surface area contributed by atoms with Crippen LogP contribution < -0.4 is 4.31 Å². The van der Waals surface area contributed by atoms with E-state index in [0.717, 1.165) is 21.0 Å². The normalized spacial score (nSPS) is 14.7. The highest BCUT2D eigenvalue weighted by molar-refractivity contribution is 7.92. The fraction of sp³-hybridized carbons (Fsp3) is 0.333. The number of aryl methyl sites for hydroxylation is 1. The van der Waals surface area contributed by atoms with E-state index in [0.29, 0.717) is 18.7 Å². The highest BCUT2D eigenvalue weighted by Crippen LogP contribution is 2.33. The standard InChI is InChI=1S/C18H22N2O4S2/c1-14-4-6-15(7-5-14)13-25(21,22)20-11-10-16-12-17(8-9-18(16)20)26(23,24)19(2)3/h4-9,12H,10-11,13H2,1-3H3. The fourth-order valence-electron chi connectivity index (χ4n) is 2.98. The van der Waals surface area contributed by atoms with Crippen molar-refractivity contribution in [2.45, 2.75) is 24.0 Å².